The first-order chi connectivity index (χ1) is 14.1. The number of nitrogens with zero attached hydrogens (tertiary/aromatic N) is 1. The van der Waals surface area contributed by atoms with Crippen LogP contribution in [0.15, 0.2) is 23.6 Å². The monoisotopic (exact) mass is 417 g/mol. The standard InChI is InChI=1S/C21H27N3O4S/c1-27-17-8-7-14(11-18(17)28-2)9-10-22-19(25)12-16-13-29-21(23-16)24-20(26)15-5-3-4-6-15/h7-8,11,13,15H,3-6,9-10,12H2,1-2H3,(H,22,25)(H,23,24,26). The third-order valence-electron chi connectivity index (χ3n) is 5.03. The predicted octanol–water partition coefficient (Wildman–Crippen LogP) is 3.19. The largest absolute Gasteiger partial charge is 0.493 e. The van der Waals surface area contributed by atoms with Gasteiger partial charge >= 0.3 is 0 Å². The molecule has 2 aromatic rings. The van der Waals surface area contributed by atoms with Gasteiger partial charge in [-0.1, -0.05) is 18.9 Å². The highest BCUT2D eigenvalue weighted by Crippen LogP contribution is 2.28. The molecule has 0 spiro atoms. The zero-order valence-electron chi connectivity index (χ0n) is 16.8. The minimum Gasteiger partial charge on any atom is -0.493 e. The Morgan fingerprint density at radius 2 is 1.93 bits per heavy atom. The molecule has 3 rings (SSSR count). The van der Waals surface area contributed by atoms with E-state index in [0.29, 0.717) is 35.3 Å². The van der Waals surface area contributed by atoms with Crippen LogP contribution >= 0.6 is 11.3 Å². The van der Waals surface area contributed by atoms with E-state index in [0.717, 1.165) is 31.2 Å². The van der Waals surface area contributed by atoms with Gasteiger partial charge < -0.3 is 20.1 Å². The fourth-order valence-electron chi connectivity index (χ4n) is 3.45. The van der Waals surface area contributed by atoms with E-state index in [1.165, 1.54) is 11.3 Å². The molecule has 2 amide bonds. The van der Waals surface area contributed by atoms with Crippen LogP contribution in [0.5, 0.6) is 11.5 Å². The molecule has 156 valence electrons. The van der Waals surface area contributed by atoms with E-state index in [-0.39, 0.29) is 24.2 Å². The summed E-state index contributed by atoms with van der Waals surface area (Å²) in [6, 6.07) is 5.71. The number of carbonyl (C=O) groups is 2. The van der Waals surface area contributed by atoms with Crippen LogP contribution in [0, 0.1) is 5.92 Å². The number of nitrogens with one attached hydrogen (secondary N) is 2. The van der Waals surface area contributed by atoms with Crippen LogP contribution in [0.25, 0.3) is 0 Å². The van der Waals surface area contributed by atoms with Crippen molar-refractivity contribution in [3.8, 4) is 11.5 Å². The van der Waals surface area contributed by atoms with Gasteiger partial charge in [0.15, 0.2) is 16.6 Å². The zero-order chi connectivity index (χ0) is 20.6. The van der Waals surface area contributed by atoms with Crippen LogP contribution < -0.4 is 20.1 Å². The molecule has 0 unspecified atom stereocenters. The minimum absolute atomic E-state index is 0.0442. The first-order valence-corrected chi connectivity index (χ1v) is 10.7. The van der Waals surface area contributed by atoms with Crippen molar-refractivity contribution in [3.63, 3.8) is 0 Å². The molecule has 1 aliphatic carbocycles. The summed E-state index contributed by atoms with van der Waals surface area (Å²) in [5.41, 5.74) is 1.72. The molecule has 7 nitrogen and oxygen atoms in total. The summed E-state index contributed by atoms with van der Waals surface area (Å²) in [5.74, 6) is 1.40. The Morgan fingerprint density at radius 1 is 1.17 bits per heavy atom. The maximum Gasteiger partial charge on any atom is 0.229 e. The number of hydrogen-bond donors (Lipinski definition) is 2. The second kappa shape index (κ2) is 10.2. The van der Waals surface area contributed by atoms with Crippen molar-refractivity contribution < 1.29 is 19.1 Å². The molecule has 1 aromatic heterocycles. The molecule has 1 aliphatic rings. The maximum atomic E-state index is 12.2. The third-order valence-corrected chi connectivity index (χ3v) is 5.84. The van der Waals surface area contributed by atoms with E-state index in [2.05, 4.69) is 15.6 Å². The summed E-state index contributed by atoms with van der Waals surface area (Å²) in [4.78, 5) is 28.7. The van der Waals surface area contributed by atoms with E-state index in [1.54, 1.807) is 14.2 Å². The molecule has 1 saturated carbocycles. The molecule has 0 radical (unpaired) electrons. The average Bonchev–Trinajstić information content (AvgIpc) is 3.40. The summed E-state index contributed by atoms with van der Waals surface area (Å²) in [7, 11) is 3.20. The van der Waals surface area contributed by atoms with Gasteiger partial charge in [0.2, 0.25) is 11.8 Å². The Kier molecular flexibility index (Phi) is 7.46. The van der Waals surface area contributed by atoms with Crippen molar-refractivity contribution in [1.82, 2.24) is 10.3 Å². The fourth-order valence-corrected chi connectivity index (χ4v) is 4.16. The second-order valence-corrected chi connectivity index (χ2v) is 7.94. The number of rotatable bonds is 9. The molecule has 1 aromatic carbocycles. The molecule has 0 saturated heterocycles. The zero-order valence-corrected chi connectivity index (χ0v) is 17.6. The Hall–Kier alpha value is -2.61. The molecule has 2 N–H and O–H groups in total. The lowest BCUT2D eigenvalue weighted by atomic mass is 10.1. The lowest BCUT2D eigenvalue weighted by Crippen LogP contribution is -2.27. The number of ether oxygens (including phenoxy) is 2. The highest BCUT2D eigenvalue weighted by Gasteiger charge is 2.23. The maximum absolute atomic E-state index is 12.2. The summed E-state index contributed by atoms with van der Waals surface area (Å²) in [6.07, 6.45) is 5.02. The van der Waals surface area contributed by atoms with E-state index < -0.39 is 0 Å². The molecular weight excluding hydrogens is 390 g/mol. The highest BCUT2D eigenvalue weighted by atomic mass is 32.1. The average molecular weight is 418 g/mol. The van der Waals surface area contributed by atoms with Crippen molar-refractivity contribution in [1.29, 1.82) is 0 Å². The number of aromatic nitrogens is 1. The molecule has 1 fully saturated rings. The molecule has 29 heavy (non-hydrogen) atoms. The fraction of sp³-hybridized carbons (Fsp3) is 0.476. The van der Waals surface area contributed by atoms with E-state index in [1.807, 2.05) is 23.6 Å². The quantitative estimate of drug-likeness (QED) is 0.654. The van der Waals surface area contributed by atoms with Gasteiger partial charge in [0.05, 0.1) is 26.3 Å². The van der Waals surface area contributed by atoms with E-state index in [4.69, 9.17) is 9.47 Å². The first kappa shape index (κ1) is 21.1. The van der Waals surface area contributed by atoms with Gasteiger partial charge in [-0.15, -0.1) is 11.3 Å². The lowest BCUT2D eigenvalue weighted by Gasteiger charge is -2.10. The summed E-state index contributed by atoms with van der Waals surface area (Å²) >= 11 is 1.36. The lowest BCUT2D eigenvalue weighted by molar-refractivity contribution is -0.120. The van der Waals surface area contributed by atoms with Crippen molar-refractivity contribution >= 4 is 28.3 Å². The first-order valence-electron chi connectivity index (χ1n) is 9.82. The molecule has 0 atom stereocenters. The van der Waals surface area contributed by atoms with Gasteiger partial charge in [-0.3, -0.25) is 9.59 Å². The van der Waals surface area contributed by atoms with Crippen LogP contribution in [-0.2, 0) is 22.4 Å². The normalized spacial score (nSPS) is 13.9. The molecule has 0 aliphatic heterocycles. The SMILES string of the molecule is COc1ccc(CCNC(=O)Cc2csc(NC(=O)C3CCCC3)n2)cc1OC. The van der Waals surface area contributed by atoms with Crippen LogP contribution in [-0.4, -0.2) is 37.6 Å². The topological polar surface area (TPSA) is 89.6 Å². The Labute approximate surface area is 174 Å². The van der Waals surface area contributed by atoms with Crippen molar-refractivity contribution in [2.45, 2.75) is 38.5 Å². The van der Waals surface area contributed by atoms with Crippen molar-refractivity contribution in [3.05, 3.63) is 34.8 Å². The number of thiazole rings is 1. The van der Waals surface area contributed by atoms with Crippen LogP contribution in [0.1, 0.15) is 36.9 Å². The summed E-state index contributed by atoms with van der Waals surface area (Å²) in [5, 5.41) is 8.17. The molecule has 0 bridgehead atoms. The van der Waals surface area contributed by atoms with Crippen molar-refractivity contribution in [2.24, 2.45) is 5.92 Å². The van der Waals surface area contributed by atoms with Crippen LogP contribution in [0.2, 0.25) is 0 Å². The number of carbonyl (C=O) groups excluding carboxylic acids is 2. The van der Waals surface area contributed by atoms with Gasteiger partial charge in [0, 0.05) is 17.8 Å². The molecule has 1 heterocycles. The smallest absolute Gasteiger partial charge is 0.229 e. The van der Waals surface area contributed by atoms with Crippen molar-refractivity contribution in [2.75, 3.05) is 26.1 Å². The second-order valence-electron chi connectivity index (χ2n) is 7.08. The number of amides is 2. The van der Waals surface area contributed by atoms with Gasteiger partial charge in [0.1, 0.15) is 0 Å². The van der Waals surface area contributed by atoms with Gasteiger partial charge in [-0.05, 0) is 37.0 Å². The van der Waals surface area contributed by atoms with E-state index >= 15 is 0 Å². The minimum atomic E-state index is -0.0931. The number of benzene rings is 1. The Bertz CT molecular complexity index is 846. The Morgan fingerprint density at radius 3 is 2.66 bits per heavy atom. The third kappa shape index (κ3) is 5.93. The van der Waals surface area contributed by atoms with Gasteiger partial charge in [-0.25, -0.2) is 4.98 Å². The van der Waals surface area contributed by atoms with Gasteiger partial charge in [0.25, 0.3) is 0 Å². The van der Waals surface area contributed by atoms with Crippen LogP contribution in [0.3, 0.4) is 0 Å². The number of hydrogen-bond acceptors (Lipinski definition) is 6. The van der Waals surface area contributed by atoms with E-state index in [9.17, 15) is 9.59 Å². The highest BCUT2D eigenvalue weighted by molar-refractivity contribution is 7.13. The molecule has 8 heteroatoms. The van der Waals surface area contributed by atoms with Gasteiger partial charge in [-0.2, -0.15) is 0 Å². The number of methoxy groups -OCH3 is 2. The Balaban J connectivity index is 1.43. The summed E-state index contributed by atoms with van der Waals surface area (Å²) < 4.78 is 10.5. The molecular formula is C21H27N3O4S. The predicted molar refractivity (Wildman–Crippen MR) is 113 cm³/mol. The number of anilines is 1. The summed E-state index contributed by atoms with van der Waals surface area (Å²) in [6.45, 7) is 0.518. The van der Waals surface area contributed by atoms with Crippen LogP contribution in [0.4, 0.5) is 5.13 Å².